The molecule has 1 aromatic heterocycles. The minimum Gasteiger partial charge on any atom is -0.376 e. The molecule has 0 unspecified atom stereocenters. The summed E-state index contributed by atoms with van der Waals surface area (Å²) >= 11 is 0. The molecule has 0 amide bonds. The van der Waals surface area contributed by atoms with Gasteiger partial charge in [-0.15, -0.1) is 0 Å². The molecule has 0 radical (unpaired) electrons. The maximum absolute atomic E-state index is 4.53. The van der Waals surface area contributed by atoms with Crippen molar-refractivity contribution in [3.05, 3.63) is 35.7 Å². The van der Waals surface area contributed by atoms with Gasteiger partial charge in [-0.05, 0) is 32.9 Å². The number of nitrogens with one attached hydrogen (secondary N) is 2. The van der Waals surface area contributed by atoms with E-state index < -0.39 is 0 Å². The molecular weight excluding hydrogens is 262 g/mol. The number of anilines is 4. The van der Waals surface area contributed by atoms with Crippen LogP contribution in [-0.4, -0.2) is 30.6 Å². The van der Waals surface area contributed by atoms with Crippen molar-refractivity contribution < 1.29 is 0 Å². The van der Waals surface area contributed by atoms with Crippen LogP contribution < -0.4 is 15.5 Å². The van der Waals surface area contributed by atoms with Gasteiger partial charge in [0.25, 0.3) is 0 Å². The van der Waals surface area contributed by atoms with Crippen LogP contribution in [0.15, 0.2) is 24.3 Å². The summed E-state index contributed by atoms with van der Waals surface area (Å²) in [5.41, 5.74) is 3.18. The molecule has 0 bridgehead atoms. The molecule has 5 heteroatoms. The first-order valence-electron chi connectivity index (χ1n) is 7.15. The van der Waals surface area contributed by atoms with Crippen molar-refractivity contribution in [2.45, 2.75) is 20.8 Å². The maximum atomic E-state index is 4.53. The summed E-state index contributed by atoms with van der Waals surface area (Å²) in [6, 6.07) is 8.18. The quantitative estimate of drug-likeness (QED) is 0.882. The van der Waals surface area contributed by atoms with E-state index >= 15 is 0 Å². The third-order valence-electron chi connectivity index (χ3n) is 3.24. The molecular formula is C16H23N5. The van der Waals surface area contributed by atoms with E-state index in [2.05, 4.69) is 44.6 Å². The van der Waals surface area contributed by atoms with Gasteiger partial charge >= 0.3 is 0 Å². The van der Waals surface area contributed by atoms with Crippen LogP contribution in [-0.2, 0) is 0 Å². The Balaban J connectivity index is 2.40. The minimum atomic E-state index is 0.751. The maximum Gasteiger partial charge on any atom is 0.139 e. The first-order chi connectivity index (χ1) is 10.0. The molecule has 1 heterocycles. The molecule has 0 aliphatic heterocycles. The summed E-state index contributed by atoms with van der Waals surface area (Å²) in [7, 11) is 4.06. The van der Waals surface area contributed by atoms with E-state index in [1.807, 2.05) is 40.1 Å². The molecule has 0 atom stereocenters. The Morgan fingerprint density at radius 1 is 1.05 bits per heavy atom. The van der Waals surface area contributed by atoms with Crippen LogP contribution in [0, 0.1) is 13.8 Å². The smallest absolute Gasteiger partial charge is 0.139 e. The van der Waals surface area contributed by atoms with Crippen molar-refractivity contribution in [1.29, 1.82) is 0 Å². The first kappa shape index (κ1) is 15.1. The van der Waals surface area contributed by atoms with E-state index in [0.29, 0.717) is 0 Å². The van der Waals surface area contributed by atoms with Crippen LogP contribution in [0.4, 0.5) is 23.0 Å². The van der Waals surface area contributed by atoms with Gasteiger partial charge in [0.2, 0.25) is 0 Å². The second-order valence-electron chi connectivity index (χ2n) is 5.16. The largest absolute Gasteiger partial charge is 0.376 e. The van der Waals surface area contributed by atoms with Gasteiger partial charge in [0.1, 0.15) is 17.5 Å². The third kappa shape index (κ3) is 3.42. The first-order valence-corrected chi connectivity index (χ1v) is 7.15. The second kappa shape index (κ2) is 6.43. The van der Waals surface area contributed by atoms with E-state index in [0.717, 1.165) is 40.9 Å². The molecule has 0 aliphatic carbocycles. The highest BCUT2D eigenvalue weighted by atomic mass is 15.1. The van der Waals surface area contributed by atoms with Gasteiger partial charge in [-0.1, -0.05) is 12.1 Å². The minimum absolute atomic E-state index is 0.751. The summed E-state index contributed by atoms with van der Waals surface area (Å²) < 4.78 is 0. The molecule has 1 aromatic carbocycles. The van der Waals surface area contributed by atoms with Gasteiger partial charge < -0.3 is 15.5 Å². The number of benzene rings is 1. The Labute approximate surface area is 126 Å². The number of para-hydroxylation sites is 2. The number of hydrogen-bond donors (Lipinski definition) is 2. The molecule has 0 fully saturated rings. The number of nitrogens with zero attached hydrogens (tertiary/aromatic N) is 3. The van der Waals surface area contributed by atoms with Crippen molar-refractivity contribution in [3.63, 3.8) is 0 Å². The Hall–Kier alpha value is -2.30. The van der Waals surface area contributed by atoms with E-state index in [-0.39, 0.29) is 0 Å². The number of rotatable bonds is 5. The highest BCUT2D eigenvalue weighted by Crippen LogP contribution is 2.29. The van der Waals surface area contributed by atoms with Crippen molar-refractivity contribution in [2.24, 2.45) is 0 Å². The van der Waals surface area contributed by atoms with Gasteiger partial charge in [-0.2, -0.15) is 0 Å². The zero-order chi connectivity index (χ0) is 15.4. The summed E-state index contributed by atoms with van der Waals surface area (Å²) in [6.45, 7) is 6.83. The van der Waals surface area contributed by atoms with Gasteiger partial charge in [0.15, 0.2) is 0 Å². The van der Waals surface area contributed by atoms with Crippen LogP contribution in [0.3, 0.4) is 0 Å². The second-order valence-corrected chi connectivity index (χ2v) is 5.16. The molecule has 21 heavy (non-hydrogen) atoms. The van der Waals surface area contributed by atoms with Crippen molar-refractivity contribution in [1.82, 2.24) is 9.97 Å². The van der Waals surface area contributed by atoms with Crippen LogP contribution in [0.25, 0.3) is 0 Å². The summed E-state index contributed by atoms with van der Waals surface area (Å²) in [4.78, 5) is 11.1. The summed E-state index contributed by atoms with van der Waals surface area (Å²) in [6.07, 6.45) is 0. The lowest BCUT2D eigenvalue weighted by Crippen LogP contribution is -2.12. The van der Waals surface area contributed by atoms with Crippen LogP contribution in [0.1, 0.15) is 18.3 Å². The van der Waals surface area contributed by atoms with Gasteiger partial charge in [0, 0.05) is 26.2 Å². The number of aryl methyl sites for hydroxylation is 1. The normalized spacial score (nSPS) is 10.3. The summed E-state index contributed by atoms with van der Waals surface area (Å²) in [5.74, 6) is 2.48. The molecule has 112 valence electrons. The lowest BCUT2D eigenvalue weighted by molar-refractivity contribution is 1.02. The Morgan fingerprint density at radius 2 is 1.71 bits per heavy atom. The van der Waals surface area contributed by atoms with E-state index in [1.165, 1.54) is 0 Å². The fraction of sp³-hybridized carbons (Fsp3) is 0.375. The van der Waals surface area contributed by atoms with E-state index in [1.54, 1.807) is 0 Å². The topological polar surface area (TPSA) is 53.1 Å². The fourth-order valence-corrected chi connectivity index (χ4v) is 2.19. The third-order valence-corrected chi connectivity index (χ3v) is 3.24. The molecule has 0 spiro atoms. The lowest BCUT2D eigenvalue weighted by Gasteiger charge is -2.19. The highest BCUT2D eigenvalue weighted by Gasteiger charge is 2.11. The fourth-order valence-electron chi connectivity index (χ4n) is 2.19. The van der Waals surface area contributed by atoms with Crippen LogP contribution >= 0.6 is 0 Å². The molecule has 0 aliphatic rings. The van der Waals surface area contributed by atoms with Crippen molar-refractivity contribution in [2.75, 3.05) is 36.2 Å². The molecule has 2 aromatic rings. The zero-order valence-electron chi connectivity index (χ0n) is 13.4. The van der Waals surface area contributed by atoms with Gasteiger partial charge in [-0.25, -0.2) is 9.97 Å². The highest BCUT2D eigenvalue weighted by molar-refractivity contribution is 5.75. The molecule has 2 N–H and O–H groups in total. The average molecular weight is 285 g/mol. The Bertz CT molecular complexity index is 622. The van der Waals surface area contributed by atoms with Crippen LogP contribution in [0.5, 0.6) is 0 Å². The van der Waals surface area contributed by atoms with E-state index in [9.17, 15) is 0 Å². The van der Waals surface area contributed by atoms with Crippen molar-refractivity contribution >= 4 is 23.0 Å². The van der Waals surface area contributed by atoms with Gasteiger partial charge in [-0.3, -0.25) is 0 Å². The molecule has 0 saturated carbocycles. The molecule has 5 nitrogen and oxygen atoms in total. The zero-order valence-corrected chi connectivity index (χ0v) is 13.4. The Kier molecular flexibility index (Phi) is 4.62. The number of hydrogen-bond acceptors (Lipinski definition) is 5. The summed E-state index contributed by atoms with van der Waals surface area (Å²) in [5, 5.41) is 6.71. The lowest BCUT2D eigenvalue weighted by atomic mass is 10.2. The molecule has 0 saturated heterocycles. The van der Waals surface area contributed by atoms with Crippen molar-refractivity contribution in [3.8, 4) is 0 Å². The van der Waals surface area contributed by atoms with Crippen LogP contribution in [0.2, 0.25) is 0 Å². The Morgan fingerprint density at radius 3 is 2.38 bits per heavy atom. The number of aromatic nitrogens is 2. The predicted octanol–water partition coefficient (Wildman–Crippen LogP) is 3.33. The van der Waals surface area contributed by atoms with E-state index in [4.69, 9.17) is 0 Å². The van der Waals surface area contributed by atoms with Gasteiger partial charge in [0.05, 0.1) is 11.4 Å². The average Bonchev–Trinajstić information content (AvgIpc) is 2.44. The molecule has 2 rings (SSSR count). The standard InChI is InChI=1S/C16H23N5/c1-6-17-15-11(2)16(19-12(3)18-15)20-13-9-7-8-10-14(13)21(4)5/h7-10H,6H2,1-5H3,(H2,17,18,19,20). The monoisotopic (exact) mass is 285 g/mol. The SMILES string of the molecule is CCNc1nc(C)nc(Nc2ccccc2N(C)C)c1C. The predicted molar refractivity (Wildman–Crippen MR) is 89.7 cm³/mol.